The number of benzene rings is 4. The van der Waals surface area contributed by atoms with Crippen LogP contribution in [0.3, 0.4) is 0 Å². The topological polar surface area (TPSA) is 82.2 Å². The summed E-state index contributed by atoms with van der Waals surface area (Å²) in [7, 11) is 0. The number of nitrogens with zero attached hydrogens (tertiary/aromatic N) is 2. The van der Waals surface area contributed by atoms with Gasteiger partial charge in [-0.15, -0.1) is 10.2 Å². The summed E-state index contributed by atoms with van der Waals surface area (Å²) in [4.78, 5) is 11.6. The Morgan fingerprint density at radius 2 is 1.52 bits per heavy atom. The van der Waals surface area contributed by atoms with Crippen molar-refractivity contribution < 1.29 is 15.0 Å². The van der Waals surface area contributed by atoms with E-state index in [2.05, 4.69) is 32.8 Å². The maximum atomic E-state index is 11.6. The number of halogens is 1. The van der Waals surface area contributed by atoms with Gasteiger partial charge in [0.25, 0.3) is 0 Å². The monoisotopic (exact) mass is 494 g/mol. The number of hydrogen-bond acceptors (Lipinski definition) is 4. The minimum Gasteiger partial charge on any atom is -0.506 e. The maximum absolute atomic E-state index is 11.6. The number of fused-ring (bicyclic) bond motifs is 1. The van der Waals surface area contributed by atoms with Gasteiger partial charge in [0.15, 0.2) is 0 Å². The molecule has 0 bridgehead atoms. The molecule has 2 N–H and O–H groups in total. The van der Waals surface area contributed by atoms with Gasteiger partial charge in [0.1, 0.15) is 17.0 Å². The van der Waals surface area contributed by atoms with Gasteiger partial charge in [-0.1, -0.05) is 66.7 Å². The van der Waals surface area contributed by atoms with Gasteiger partial charge < -0.3 is 10.2 Å². The fraction of sp³-hybridized carbons (Fsp3) is 0. The average molecular weight is 494 g/mol. The second-order valence-electron chi connectivity index (χ2n) is 6.34. The average Bonchev–Trinajstić information content (AvgIpc) is 2.74. The molecule has 0 unspecified atom stereocenters. The van der Waals surface area contributed by atoms with Crippen LogP contribution in [-0.2, 0) is 0 Å². The Morgan fingerprint density at radius 1 is 0.828 bits per heavy atom. The molecule has 5 nitrogen and oxygen atoms in total. The van der Waals surface area contributed by atoms with Crippen molar-refractivity contribution in [2.24, 2.45) is 10.2 Å². The van der Waals surface area contributed by atoms with Crippen LogP contribution < -0.4 is 0 Å². The summed E-state index contributed by atoms with van der Waals surface area (Å²) >= 11 is 2.21. The Labute approximate surface area is 180 Å². The van der Waals surface area contributed by atoms with Crippen molar-refractivity contribution in [1.29, 1.82) is 0 Å². The lowest BCUT2D eigenvalue weighted by Crippen LogP contribution is -1.97. The summed E-state index contributed by atoms with van der Waals surface area (Å²) in [6.45, 7) is 0. The fourth-order valence-corrected chi connectivity index (χ4v) is 3.76. The van der Waals surface area contributed by atoms with Gasteiger partial charge in [-0.3, -0.25) is 0 Å². The molecular weight excluding hydrogens is 479 g/mol. The van der Waals surface area contributed by atoms with Crippen molar-refractivity contribution in [3.63, 3.8) is 0 Å². The van der Waals surface area contributed by atoms with E-state index in [9.17, 15) is 15.0 Å². The van der Waals surface area contributed by atoms with Gasteiger partial charge in [0, 0.05) is 19.9 Å². The first-order valence-corrected chi connectivity index (χ1v) is 9.88. The molecule has 0 heterocycles. The van der Waals surface area contributed by atoms with Crippen molar-refractivity contribution >= 4 is 50.7 Å². The van der Waals surface area contributed by atoms with Crippen LogP contribution in [0.5, 0.6) is 5.75 Å². The van der Waals surface area contributed by atoms with Crippen LogP contribution in [0, 0.1) is 3.57 Å². The van der Waals surface area contributed by atoms with E-state index in [-0.39, 0.29) is 11.3 Å². The van der Waals surface area contributed by atoms with E-state index in [1.807, 2.05) is 54.6 Å². The third-order valence-electron chi connectivity index (χ3n) is 4.55. The minimum absolute atomic E-state index is 0.205. The van der Waals surface area contributed by atoms with Gasteiger partial charge in [-0.05, 0) is 40.3 Å². The predicted molar refractivity (Wildman–Crippen MR) is 121 cm³/mol. The normalized spacial score (nSPS) is 11.2. The highest BCUT2D eigenvalue weighted by Crippen LogP contribution is 2.39. The van der Waals surface area contributed by atoms with E-state index < -0.39 is 5.97 Å². The summed E-state index contributed by atoms with van der Waals surface area (Å²) in [5.74, 6) is -1.49. The van der Waals surface area contributed by atoms with Crippen molar-refractivity contribution in [3.05, 3.63) is 88.0 Å². The number of carboxylic acid groups (broad SMARTS) is 1. The molecule has 0 spiro atoms. The predicted octanol–water partition coefficient (Wildman–Crippen LogP) is 6.93. The van der Waals surface area contributed by atoms with Gasteiger partial charge in [0.2, 0.25) is 0 Å². The summed E-state index contributed by atoms with van der Waals surface area (Å²) in [6.07, 6.45) is 0. The summed E-state index contributed by atoms with van der Waals surface area (Å²) in [6, 6.07) is 24.1. The lowest BCUT2D eigenvalue weighted by molar-refractivity contribution is 0.0694. The lowest BCUT2D eigenvalue weighted by atomic mass is 10.0. The maximum Gasteiger partial charge on any atom is 0.339 e. The number of carbonyl (C=O) groups is 1. The molecule has 0 aliphatic heterocycles. The number of azo groups is 1. The van der Waals surface area contributed by atoms with Crippen LogP contribution in [0.15, 0.2) is 89.1 Å². The molecule has 0 aliphatic carbocycles. The summed E-state index contributed by atoms with van der Waals surface area (Å²) < 4.78 is 0.925. The van der Waals surface area contributed by atoms with Crippen molar-refractivity contribution in [3.8, 4) is 16.9 Å². The third kappa shape index (κ3) is 3.71. The zero-order valence-corrected chi connectivity index (χ0v) is 17.2. The SMILES string of the molecule is O=C(O)c1cc(N=Nc2c(I)cccc2-c2ccccc2)c2ccccc2c1O. The highest BCUT2D eigenvalue weighted by atomic mass is 127. The standard InChI is InChI=1S/C23H15IN2O3/c24-19-12-6-11-15(14-7-2-1-3-8-14)21(19)26-25-20-13-18(23(28)29)22(27)17-10-5-4-9-16(17)20/h1-13,27H,(H,28,29). The van der Waals surface area contributed by atoms with Crippen LogP contribution >= 0.6 is 22.6 Å². The third-order valence-corrected chi connectivity index (χ3v) is 5.42. The van der Waals surface area contributed by atoms with Crippen molar-refractivity contribution in [2.75, 3.05) is 0 Å². The summed E-state index contributed by atoms with van der Waals surface area (Å²) in [5, 5.41) is 29.7. The fourth-order valence-electron chi connectivity index (χ4n) is 3.16. The van der Waals surface area contributed by atoms with Gasteiger partial charge in [-0.2, -0.15) is 0 Å². The van der Waals surface area contributed by atoms with Crippen LogP contribution in [0.2, 0.25) is 0 Å². The first-order chi connectivity index (χ1) is 14.1. The largest absolute Gasteiger partial charge is 0.506 e. The first kappa shape index (κ1) is 19.1. The Morgan fingerprint density at radius 3 is 2.24 bits per heavy atom. The highest BCUT2D eigenvalue weighted by molar-refractivity contribution is 14.1. The molecular formula is C23H15IN2O3. The molecule has 0 atom stereocenters. The number of phenols is 1. The molecule has 0 saturated carbocycles. The number of carboxylic acids is 1. The zero-order valence-electron chi connectivity index (χ0n) is 15.1. The molecule has 4 aromatic rings. The Balaban J connectivity index is 1.89. The Hall–Kier alpha value is -3.26. The smallest absolute Gasteiger partial charge is 0.339 e. The number of aromatic carboxylic acids is 1. The molecule has 4 rings (SSSR count). The van der Waals surface area contributed by atoms with E-state index in [0.29, 0.717) is 22.1 Å². The second kappa shape index (κ2) is 8.00. The number of hydrogen-bond donors (Lipinski definition) is 2. The number of aromatic hydroxyl groups is 1. The van der Waals surface area contributed by atoms with Crippen molar-refractivity contribution in [1.82, 2.24) is 0 Å². The molecule has 6 heteroatoms. The molecule has 0 radical (unpaired) electrons. The first-order valence-electron chi connectivity index (χ1n) is 8.80. The number of rotatable bonds is 4. The molecule has 0 saturated heterocycles. The molecule has 0 aliphatic rings. The quantitative estimate of drug-likeness (QED) is 0.238. The van der Waals surface area contributed by atoms with Gasteiger partial charge in [0.05, 0.1) is 5.69 Å². The Bertz CT molecular complexity index is 1250. The van der Waals surface area contributed by atoms with Gasteiger partial charge in [-0.25, -0.2) is 4.79 Å². The van der Waals surface area contributed by atoms with Gasteiger partial charge >= 0.3 is 5.97 Å². The second-order valence-corrected chi connectivity index (χ2v) is 7.51. The summed E-state index contributed by atoms with van der Waals surface area (Å²) in [5.41, 5.74) is 2.83. The zero-order chi connectivity index (χ0) is 20.4. The van der Waals surface area contributed by atoms with E-state index >= 15 is 0 Å². The Kier molecular flexibility index (Phi) is 5.26. The van der Waals surface area contributed by atoms with E-state index in [1.165, 1.54) is 6.07 Å². The minimum atomic E-state index is -1.22. The van der Waals surface area contributed by atoms with Crippen LogP contribution in [0.1, 0.15) is 10.4 Å². The molecule has 0 aromatic heterocycles. The van der Waals surface area contributed by atoms with E-state index in [4.69, 9.17) is 0 Å². The van der Waals surface area contributed by atoms with Crippen LogP contribution in [0.4, 0.5) is 11.4 Å². The highest BCUT2D eigenvalue weighted by Gasteiger charge is 2.16. The molecule has 4 aromatic carbocycles. The van der Waals surface area contributed by atoms with Crippen LogP contribution in [-0.4, -0.2) is 16.2 Å². The van der Waals surface area contributed by atoms with E-state index in [1.54, 1.807) is 18.2 Å². The van der Waals surface area contributed by atoms with E-state index in [0.717, 1.165) is 14.7 Å². The lowest BCUT2D eigenvalue weighted by Gasteiger charge is -2.09. The molecule has 0 amide bonds. The molecule has 0 fully saturated rings. The van der Waals surface area contributed by atoms with Crippen LogP contribution in [0.25, 0.3) is 21.9 Å². The molecule has 29 heavy (non-hydrogen) atoms. The van der Waals surface area contributed by atoms with Crippen molar-refractivity contribution in [2.45, 2.75) is 0 Å². The molecule has 142 valence electrons.